The van der Waals surface area contributed by atoms with Gasteiger partial charge in [0, 0.05) is 38.8 Å². The highest BCUT2D eigenvalue weighted by atomic mass is 32.2. The number of methoxy groups -OCH3 is 1. The van der Waals surface area contributed by atoms with Gasteiger partial charge in [0.05, 0.1) is 29.9 Å². The molecule has 1 saturated heterocycles. The third-order valence-corrected chi connectivity index (χ3v) is 7.18. The van der Waals surface area contributed by atoms with Gasteiger partial charge in [0.15, 0.2) is 0 Å². The smallest absolute Gasteiger partial charge is 0.264 e. The molecule has 0 aliphatic carbocycles. The van der Waals surface area contributed by atoms with Crippen LogP contribution >= 0.6 is 0 Å². The molecule has 1 aliphatic rings. The first-order chi connectivity index (χ1) is 15.2. The Bertz CT molecular complexity index is 1020. The minimum Gasteiger partial charge on any atom is -0.497 e. The van der Waals surface area contributed by atoms with Crippen molar-refractivity contribution in [1.29, 1.82) is 0 Å². The fourth-order valence-electron chi connectivity index (χ4n) is 3.78. The van der Waals surface area contributed by atoms with Crippen molar-refractivity contribution in [1.82, 2.24) is 10.2 Å². The lowest BCUT2D eigenvalue weighted by Crippen LogP contribution is -2.47. The molecule has 2 aromatic carbocycles. The number of carbonyl (C=O) groups is 1. The summed E-state index contributed by atoms with van der Waals surface area (Å²) in [5.41, 5.74) is 0.799. The van der Waals surface area contributed by atoms with Crippen LogP contribution in [-0.2, 0) is 14.8 Å². The molecule has 8 nitrogen and oxygen atoms in total. The van der Waals surface area contributed by atoms with E-state index in [1.54, 1.807) is 43.5 Å². The number of amides is 1. The molecule has 1 N–H and O–H groups in total. The van der Waals surface area contributed by atoms with Gasteiger partial charge >= 0.3 is 0 Å². The summed E-state index contributed by atoms with van der Waals surface area (Å²) in [6, 6.07) is 12.8. The summed E-state index contributed by atoms with van der Waals surface area (Å²) < 4.78 is 38.2. The van der Waals surface area contributed by atoms with Gasteiger partial charge in [-0.3, -0.25) is 14.0 Å². The number of morpholine rings is 1. The van der Waals surface area contributed by atoms with Gasteiger partial charge in [0.2, 0.25) is 0 Å². The molecule has 3 rings (SSSR count). The molecule has 0 radical (unpaired) electrons. The third-order valence-electron chi connectivity index (χ3n) is 5.40. The van der Waals surface area contributed by atoms with E-state index in [1.165, 1.54) is 23.5 Å². The molecule has 2 atom stereocenters. The summed E-state index contributed by atoms with van der Waals surface area (Å²) >= 11 is 0. The Kier molecular flexibility index (Phi) is 7.76. The molecule has 32 heavy (non-hydrogen) atoms. The van der Waals surface area contributed by atoms with Crippen molar-refractivity contribution in [2.45, 2.75) is 31.0 Å². The normalized spacial score (nSPS) is 19.4. The van der Waals surface area contributed by atoms with Crippen LogP contribution in [0.2, 0.25) is 0 Å². The van der Waals surface area contributed by atoms with Crippen LogP contribution in [0.25, 0.3) is 0 Å². The molecule has 0 bridgehead atoms. The number of benzene rings is 2. The molecule has 1 aliphatic heterocycles. The minimum absolute atomic E-state index is 0.0549. The standard InChI is InChI=1S/C23H31N3O5S/c1-17-15-26(16-18(2)31-17)13-12-24-23(27)19-6-5-7-22(14-19)32(28,29)25(3)20-8-10-21(30-4)11-9-20/h5-11,14,17-18H,12-13,15-16H2,1-4H3,(H,24,27). The second kappa shape index (κ2) is 10.3. The summed E-state index contributed by atoms with van der Waals surface area (Å²) in [4.78, 5) is 14.9. The van der Waals surface area contributed by atoms with E-state index in [1.807, 2.05) is 13.8 Å². The zero-order valence-electron chi connectivity index (χ0n) is 18.9. The Morgan fingerprint density at radius 1 is 1.16 bits per heavy atom. The zero-order chi connectivity index (χ0) is 23.3. The number of hydrogen-bond donors (Lipinski definition) is 1. The predicted molar refractivity (Wildman–Crippen MR) is 124 cm³/mol. The molecule has 0 aromatic heterocycles. The molecule has 1 fully saturated rings. The van der Waals surface area contributed by atoms with E-state index in [0.29, 0.717) is 30.1 Å². The van der Waals surface area contributed by atoms with Crippen molar-refractivity contribution in [2.75, 3.05) is 44.6 Å². The van der Waals surface area contributed by atoms with Gasteiger partial charge < -0.3 is 14.8 Å². The zero-order valence-corrected chi connectivity index (χ0v) is 19.8. The molecule has 2 aromatic rings. The molecular weight excluding hydrogens is 430 g/mol. The quantitative estimate of drug-likeness (QED) is 0.649. The van der Waals surface area contributed by atoms with Gasteiger partial charge in [-0.1, -0.05) is 6.07 Å². The average molecular weight is 462 g/mol. The first-order valence-electron chi connectivity index (χ1n) is 10.6. The number of nitrogens with one attached hydrogen (secondary N) is 1. The summed E-state index contributed by atoms with van der Waals surface area (Å²) in [6.07, 6.45) is 0.332. The molecule has 2 unspecified atom stereocenters. The summed E-state index contributed by atoms with van der Waals surface area (Å²) in [7, 11) is -0.797. The third kappa shape index (κ3) is 5.79. The maximum Gasteiger partial charge on any atom is 0.264 e. The number of ether oxygens (including phenoxy) is 2. The van der Waals surface area contributed by atoms with Crippen molar-refractivity contribution < 1.29 is 22.7 Å². The number of sulfonamides is 1. The number of nitrogens with zero attached hydrogens (tertiary/aromatic N) is 2. The lowest BCUT2D eigenvalue weighted by Gasteiger charge is -2.35. The fourth-order valence-corrected chi connectivity index (χ4v) is 5.03. The molecule has 0 saturated carbocycles. The first kappa shape index (κ1) is 24.0. The number of hydrogen-bond acceptors (Lipinski definition) is 6. The van der Waals surface area contributed by atoms with E-state index in [4.69, 9.17) is 9.47 Å². The maximum atomic E-state index is 13.1. The Balaban J connectivity index is 1.64. The van der Waals surface area contributed by atoms with Crippen molar-refractivity contribution >= 4 is 21.6 Å². The van der Waals surface area contributed by atoms with E-state index in [0.717, 1.165) is 13.1 Å². The van der Waals surface area contributed by atoms with Gasteiger partial charge in [-0.05, 0) is 56.3 Å². The molecule has 174 valence electrons. The summed E-state index contributed by atoms with van der Waals surface area (Å²) in [5, 5.41) is 2.88. The molecular formula is C23H31N3O5S. The van der Waals surface area contributed by atoms with Crippen molar-refractivity contribution in [3.63, 3.8) is 0 Å². The van der Waals surface area contributed by atoms with Gasteiger partial charge in [0.1, 0.15) is 5.75 Å². The number of carbonyl (C=O) groups excluding carboxylic acids is 1. The van der Waals surface area contributed by atoms with Crippen LogP contribution in [0, 0.1) is 0 Å². The highest BCUT2D eigenvalue weighted by molar-refractivity contribution is 7.92. The Morgan fingerprint density at radius 2 is 1.81 bits per heavy atom. The minimum atomic E-state index is -3.83. The highest BCUT2D eigenvalue weighted by Gasteiger charge is 2.24. The van der Waals surface area contributed by atoms with Crippen molar-refractivity contribution in [2.24, 2.45) is 0 Å². The maximum absolute atomic E-state index is 13.1. The Hall–Kier alpha value is -2.62. The molecule has 0 spiro atoms. The second-order valence-electron chi connectivity index (χ2n) is 7.97. The first-order valence-corrected chi connectivity index (χ1v) is 12.0. The summed E-state index contributed by atoms with van der Waals surface area (Å²) in [6.45, 7) is 6.91. The number of rotatable bonds is 8. The van der Waals surface area contributed by atoms with Crippen LogP contribution in [0.15, 0.2) is 53.4 Å². The second-order valence-corrected chi connectivity index (χ2v) is 9.94. The van der Waals surface area contributed by atoms with Crippen LogP contribution in [0.1, 0.15) is 24.2 Å². The van der Waals surface area contributed by atoms with Crippen LogP contribution in [0.5, 0.6) is 5.75 Å². The van der Waals surface area contributed by atoms with Crippen molar-refractivity contribution in [3.8, 4) is 5.75 Å². The lowest BCUT2D eigenvalue weighted by atomic mass is 10.2. The summed E-state index contributed by atoms with van der Waals surface area (Å²) in [5.74, 6) is 0.336. The van der Waals surface area contributed by atoms with E-state index in [9.17, 15) is 13.2 Å². The van der Waals surface area contributed by atoms with E-state index < -0.39 is 10.0 Å². The van der Waals surface area contributed by atoms with Gasteiger partial charge in [-0.15, -0.1) is 0 Å². The monoisotopic (exact) mass is 461 g/mol. The van der Waals surface area contributed by atoms with Crippen molar-refractivity contribution in [3.05, 3.63) is 54.1 Å². The Morgan fingerprint density at radius 3 is 2.44 bits per heavy atom. The van der Waals surface area contributed by atoms with E-state index in [2.05, 4.69) is 10.2 Å². The number of anilines is 1. The molecule has 1 heterocycles. The van der Waals surface area contributed by atoms with Gasteiger partial charge in [-0.2, -0.15) is 0 Å². The topological polar surface area (TPSA) is 88.2 Å². The SMILES string of the molecule is COc1ccc(N(C)S(=O)(=O)c2cccc(C(=O)NCCN3CC(C)OC(C)C3)c2)cc1. The van der Waals surface area contributed by atoms with Crippen LogP contribution in [0.3, 0.4) is 0 Å². The van der Waals surface area contributed by atoms with Crippen LogP contribution < -0.4 is 14.4 Å². The van der Waals surface area contributed by atoms with Gasteiger partial charge in [0.25, 0.3) is 15.9 Å². The van der Waals surface area contributed by atoms with Crippen LogP contribution in [0.4, 0.5) is 5.69 Å². The largest absolute Gasteiger partial charge is 0.497 e. The van der Waals surface area contributed by atoms with Crippen LogP contribution in [-0.4, -0.2) is 71.8 Å². The molecule has 9 heteroatoms. The predicted octanol–water partition coefficient (Wildman–Crippen LogP) is 2.36. The lowest BCUT2D eigenvalue weighted by molar-refractivity contribution is -0.0672. The van der Waals surface area contributed by atoms with E-state index >= 15 is 0 Å². The Labute approximate surface area is 190 Å². The van der Waals surface area contributed by atoms with E-state index in [-0.39, 0.29) is 23.0 Å². The highest BCUT2D eigenvalue weighted by Crippen LogP contribution is 2.24. The molecule has 1 amide bonds. The average Bonchev–Trinajstić information content (AvgIpc) is 2.78. The fraction of sp³-hybridized carbons (Fsp3) is 0.435. The van der Waals surface area contributed by atoms with Gasteiger partial charge in [-0.25, -0.2) is 8.42 Å².